The van der Waals surface area contributed by atoms with Crippen molar-refractivity contribution in [2.24, 2.45) is 5.92 Å². The molecule has 2 bridgehead atoms. The van der Waals surface area contributed by atoms with Crippen LogP contribution in [0.2, 0.25) is 0 Å². The number of methoxy groups -OCH3 is 1. The summed E-state index contributed by atoms with van der Waals surface area (Å²) in [4.78, 5) is 2.51. The largest absolute Gasteiger partial charge is 0.380 e. The van der Waals surface area contributed by atoms with E-state index >= 15 is 0 Å². The average molecular weight is 141 g/mol. The molecule has 3 aliphatic heterocycles. The fourth-order valence-electron chi connectivity index (χ4n) is 2.18. The highest BCUT2D eigenvalue weighted by atomic mass is 16.5. The summed E-state index contributed by atoms with van der Waals surface area (Å²) in [6.45, 7) is 3.80. The number of hydrogen-bond acceptors (Lipinski definition) is 2. The quantitative estimate of drug-likeness (QED) is 0.533. The molecule has 10 heavy (non-hydrogen) atoms. The Kier molecular flexibility index (Phi) is 1.66. The molecule has 1 atom stereocenters. The smallest absolute Gasteiger partial charge is 0.0727 e. The van der Waals surface area contributed by atoms with E-state index in [2.05, 4.69) is 4.90 Å². The molecule has 0 amide bonds. The standard InChI is InChI=1S/C8H15NO/c1-10-8-6-9-4-2-7(8)3-5-9/h7-8H,2-6H2,1H3/t8-/m0/s1. The van der Waals surface area contributed by atoms with E-state index in [0.29, 0.717) is 6.10 Å². The molecule has 0 N–H and O–H groups in total. The van der Waals surface area contributed by atoms with Crippen molar-refractivity contribution in [2.75, 3.05) is 26.7 Å². The topological polar surface area (TPSA) is 12.5 Å². The maximum Gasteiger partial charge on any atom is 0.0727 e. The Morgan fingerprint density at radius 2 is 2.00 bits per heavy atom. The summed E-state index contributed by atoms with van der Waals surface area (Å²) in [6.07, 6.45) is 3.26. The van der Waals surface area contributed by atoms with Crippen LogP contribution in [0, 0.1) is 5.92 Å². The van der Waals surface area contributed by atoms with Crippen LogP contribution in [0.4, 0.5) is 0 Å². The summed E-state index contributed by atoms with van der Waals surface area (Å²) in [5.41, 5.74) is 0. The number of fused-ring (bicyclic) bond motifs is 3. The van der Waals surface area contributed by atoms with Crippen LogP contribution < -0.4 is 0 Å². The summed E-state index contributed by atoms with van der Waals surface area (Å²) in [6, 6.07) is 0. The molecule has 58 valence electrons. The predicted molar refractivity (Wildman–Crippen MR) is 40.0 cm³/mol. The highest BCUT2D eigenvalue weighted by Gasteiger charge is 2.33. The minimum Gasteiger partial charge on any atom is -0.380 e. The number of nitrogens with zero attached hydrogens (tertiary/aromatic N) is 1. The van der Waals surface area contributed by atoms with Crippen LogP contribution in [0.3, 0.4) is 0 Å². The van der Waals surface area contributed by atoms with Gasteiger partial charge in [-0.2, -0.15) is 0 Å². The molecule has 3 aliphatic rings. The zero-order valence-corrected chi connectivity index (χ0v) is 6.55. The molecule has 2 nitrogen and oxygen atoms in total. The van der Waals surface area contributed by atoms with Crippen LogP contribution in [-0.4, -0.2) is 37.7 Å². The second kappa shape index (κ2) is 2.51. The van der Waals surface area contributed by atoms with Crippen LogP contribution >= 0.6 is 0 Å². The Morgan fingerprint density at radius 3 is 2.30 bits per heavy atom. The lowest BCUT2D eigenvalue weighted by Gasteiger charge is -2.43. The highest BCUT2D eigenvalue weighted by molar-refractivity contribution is 4.86. The van der Waals surface area contributed by atoms with Crippen molar-refractivity contribution in [2.45, 2.75) is 18.9 Å². The Morgan fingerprint density at radius 1 is 1.30 bits per heavy atom. The fraction of sp³-hybridized carbons (Fsp3) is 1.00. The van der Waals surface area contributed by atoms with Gasteiger partial charge in [-0.1, -0.05) is 0 Å². The van der Waals surface area contributed by atoms with Crippen molar-refractivity contribution in [3.8, 4) is 0 Å². The van der Waals surface area contributed by atoms with E-state index in [1.165, 1.54) is 32.5 Å². The first kappa shape index (κ1) is 6.62. The molecular weight excluding hydrogens is 126 g/mol. The van der Waals surface area contributed by atoms with Gasteiger partial charge in [0.15, 0.2) is 0 Å². The number of hydrogen-bond donors (Lipinski definition) is 0. The molecular formula is C8H15NO. The SMILES string of the molecule is CO[C@H]1CN2CCC1CC2. The lowest BCUT2D eigenvalue weighted by atomic mass is 9.86. The maximum atomic E-state index is 5.38. The zero-order chi connectivity index (χ0) is 6.97. The number of ether oxygens (including phenoxy) is 1. The molecule has 3 fully saturated rings. The van der Waals surface area contributed by atoms with Crippen LogP contribution in [0.15, 0.2) is 0 Å². The predicted octanol–water partition coefficient (Wildman–Crippen LogP) is 0.727. The van der Waals surface area contributed by atoms with Crippen molar-refractivity contribution >= 4 is 0 Å². The molecule has 0 aromatic carbocycles. The van der Waals surface area contributed by atoms with Crippen molar-refractivity contribution < 1.29 is 4.74 Å². The first-order valence-electron chi connectivity index (χ1n) is 4.15. The van der Waals surface area contributed by atoms with Gasteiger partial charge in [0.05, 0.1) is 6.10 Å². The Hall–Kier alpha value is -0.0800. The van der Waals surface area contributed by atoms with Crippen LogP contribution in [0.1, 0.15) is 12.8 Å². The monoisotopic (exact) mass is 141 g/mol. The second-order valence-corrected chi connectivity index (χ2v) is 3.41. The number of piperidine rings is 3. The van der Waals surface area contributed by atoms with Gasteiger partial charge in [0.25, 0.3) is 0 Å². The molecule has 3 heterocycles. The van der Waals surface area contributed by atoms with Gasteiger partial charge in [0.2, 0.25) is 0 Å². The first-order chi connectivity index (χ1) is 4.90. The molecule has 3 saturated heterocycles. The van der Waals surface area contributed by atoms with Crippen LogP contribution in [0.5, 0.6) is 0 Å². The fourth-order valence-corrected chi connectivity index (χ4v) is 2.18. The Labute approximate surface area is 62.2 Å². The van der Waals surface area contributed by atoms with E-state index in [9.17, 15) is 0 Å². The van der Waals surface area contributed by atoms with E-state index in [1.807, 2.05) is 7.11 Å². The lowest BCUT2D eigenvalue weighted by molar-refractivity contribution is -0.0481. The molecule has 0 aromatic heterocycles. The van der Waals surface area contributed by atoms with Crippen molar-refractivity contribution in [3.05, 3.63) is 0 Å². The zero-order valence-electron chi connectivity index (χ0n) is 6.55. The van der Waals surface area contributed by atoms with Crippen molar-refractivity contribution in [3.63, 3.8) is 0 Å². The molecule has 0 aromatic rings. The second-order valence-electron chi connectivity index (χ2n) is 3.41. The van der Waals surface area contributed by atoms with Crippen LogP contribution in [-0.2, 0) is 4.74 Å². The maximum absolute atomic E-state index is 5.38. The van der Waals surface area contributed by atoms with Gasteiger partial charge in [0, 0.05) is 13.7 Å². The van der Waals surface area contributed by atoms with E-state index in [1.54, 1.807) is 0 Å². The summed E-state index contributed by atoms with van der Waals surface area (Å²) in [7, 11) is 1.84. The molecule has 0 saturated carbocycles. The Balaban J connectivity index is 2.01. The highest BCUT2D eigenvalue weighted by Crippen LogP contribution is 2.28. The van der Waals surface area contributed by atoms with E-state index in [-0.39, 0.29) is 0 Å². The molecule has 0 radical (unpaired) electrons. The summed E-state index contributed by atoms with van der Waals surface area (Å²) in [5, 5.41) is 0. The number of rotatable bonds is 1. The van der Waals surface area contributed by atoms with Gasteiger partial charge in [-0.25, -0.2) is 0 Å². The molecule has 2 heteroatoms. The molecule has 0 spiro atoms. The van der Waals surface area contributed by atoms with E-state index in [4.69, 9.17) is 4.74 Å². The lowest BCUT2D eigenvalue weighted by Crippen LogP contribution is -2.50. The van der Waals surface area contributed by atoms with E-state index in [0.717, 1.165) is 5.92 Å². The molecule has 3 rings (SSSR count). The minimum atomic E-state index is 0.544. The third kappa shape index (κ3) is 0.956. The van der Waals surface area contributed by atoms with Crippen LogP contribution in [0.25, 0.3) is 0 Å². The van der Waals surface area contributed by atoms with E-state index < -0.39 is 0 Å². The summed E-state index contributed by atoms with van der Waals surface area (Å²) < 4.78 is 5.38. The van der Waals surface area contributed by atoms with Gasteiger partial charge in [-0.3, -0.25) is 0 Å². The summed E-state index contributed by atoms with van der Waals surface area (Å²) >= 11 is 0. The molecule has 0 unspecified atom stereocenters. The first-order valence-corrected chi connectivity index (χ1v) is 4.15. The normalized spacial score (nSPS) is 45.9. The van der Waals surface area contributed by atoms with Gasteiger partial charge in [-0.15, -0.1) is 0 Å². The minimum absolute atomic E-state index is 0.544. The third-order valence-corrected chi connectivity index (χ3v) is 2.90. The summed E-state index contributed by atoms with van der Waals surface area (Å²) in [5.74, 6) is 0.870. The van der Waals surface area contributed by atoms with Crippen molar-refractivity contribution in [1.29, 1.82) is 0 Å². The van der Waals surface area contributed by atoms with Gasteiger partial charge in [0.1, 0.15) is 0 Å². The van der Waals surface area contributed by atoms with Gasteiger partial charge in [-0.05, 0) is 31.8 Å². The van der Waals surface area contributed by atoms with Gasteiger partial charge >= 0.3 is 0 Å². The Bertz CT molecular complexity index is 118. The van der Waals surface area contributed by atoms with Gasteiger partial charge < -0.3 is 9.64 Å². The third-order valence-electron chi connectivity index (χ3n) is 2.90. The van der Waals surface area contributed by atoms with Crippen molar-refractivity contribution in [1.82, 2.24) is 4.90 Å². The molecule has 0 aliphatic carbocycles. The average Bonchev–Trinajstić information content (AvgIpc) is 2.06.